The van der Waals surface area contributed by atoms with Crippen LogP contribution in [0.15, 0.2) is 60.7 Å². The third-order valence-corrected chi connectivity index (χ3v) is 4.62. The van der Waals surface area contributed by atoms with Crippen molar-refractivity contribution in [3.05, 3.63) is 71.8 Å². The zero-order valence-corrected chi connectivity index (χ0v) is 14.8. The first-order chi connectivity index (χ1) is 11.3. The minimum Gasteiger partial charge on any atom is -0.386 e. The molecule has 2 aromatic rings. The van der Waals surface area contributed by atoms with Gasteiger partial charge < -0.3 is 16.6 Å². The Bertz CT molecular complexity index is 610. The van der Waals surface area contributed by atoms with Crippen molar-refractivity contribution in [3.63, 3.8) is 0 Å². The highest BCUT2D eigenvalue weighted by atomic mass is 16.3. The Labute approximate surface area is 145 Å². The summed E-state index contributed by atoms with van der Waals surface area (Å²) in [5, 5.41) is 11.5. The summed E-state index contributed by atoms with van der Waals surface area (Å²) in [6.45, 7) is 4.16. The van der Waals surface area contributed by atoms with E-state index in [1.54, 1.807) is 0 Å². The molecule has 2 rings (SSSR count). The van der Waals surface area contributed by atoms with Crippen LogP contribution >= 0.6 is 0 Å². The van der Waals surface area contributed by atoms with Crippen LogP contribution in [0.5, 0.6) is 0 Å². The number of rotatable bonds is 8. The fourth-order valence-electron chi connectivity index (χ4n) is 3.28. The van der Waals surface area contributed by atoms with Crippen molar-refractivity contribution < 1.29 is 5.11 Å². The number of aliphatic hydroxyl groups is 1. The van der Waals surface area contributed by atoms with E-state index in [4.69, 9.17) is 11.5 Å². The average molecular weight is 326 g/mol. The summed E-state index contributed by atoms with van der Waals surface area (Å²) < 4.78 is 0. The van der Waals surface area contributed by atoms with Crippen molar-refractivity contribution in [3.8, 4) is 0 Å². The Balaban J connectivity index is 2.22. The van der Waals surface area contributed by atoms with Gasteiger partial charge in [-0.1, -0.05) is 74.5 Å². The minimum absolute atomic E-state index is 0.319. The van der Waals surface area contributed by atoms with E-state index in [0.717, 1.165) is 12.0 Å². The second kappa shape index (κ2) is 7.93. The van der Waals surface area contributed by atoms with Crippen LogP contribution in [0.3, 0.4) is 0 Å². The van der Waals surface area contributed by atoms with Crippen LogP contribution in [-0.4, -0.2) is 16.4 Å². The van der Waals surface area contributed by atoms with Gasteiger partial charge in [-0.25, -0.2) is 0 Å². The Morgan fingerprint density at radius 2 is 1.38 bits per heavy atom. The normalized spacial score (nSPS) is 14.6. The lowest BCUT2D eigenvalue weighted by molar-refractivity contribution is -0.0490. The summed E-state index contributed by atoms with van der Waals surface area (Å²) >= 11 is 0. The molecule has 0 aliphatic rings. The van der Waals surface area contributed by atoms with Crippen molar-refractivity contribution in [2.24, 2.45) is 17.4 Å². The standard InChI is InChI=1S/C21H30N2O/c1-17(2)15-21(22,23)20(24,16-19-11-7-4-8-12-19)14-13-18-9-5-3-6-10-18/h3-12,17,24H,13-16,22-23H2,1-2H3/t20-/m1/s1. The number of hydrogen-bond acceptors (Lipinski definition) is 3. The van der Waals surface area contributed by atoms with Gasteiger partial charge in [-0.2, -0.15) is 0 Å². The Morgan fingerprint density at radius 1 is 0.875 bits per heavy atom. The molecule has 0 radical (unpaired) electrons. The Morgan fingerprint density at radius 3 is 1.88 bits per heavy atom. The van der Waals surface area contributed by atoms with Crippen molar-refractivity contribution >= 4 is 0 Å². The lowest BCUT2D eigenvalue weighted by atomic mass is 9.75. The molecule has 0 saturated carbocycles. The third-order valence-electron chi connectivity index (χ3n) is 4.62. The fourth-order valence-corrected chi connectivity index (χ4v) is 3.28. The van der Waals surface area contributed by atoms with Crippen LogP contribution in [0.2, 0.25) is 0 Å². The molecule has 0 heterocycles. The average Bonchev–Trinajstić information content (AvgIpc) is 2.53. The smallest absolute Gasteiger partial charge is 0.0998 e. The molecule has 3 nitrogen and oxygen atoms in total. The van der Waals surface area contributed by atoms with Crippen LogP contribution in [0.1, 0.15) is 37.8 Å². The number of benzene rings is 2. The highest BCUT2D eigenvalue weighted by molar-refractivity contribution is 5.21. The highest BCUT2D eigenvalue weighted by Gasteiger charge is 2.44. The van der Waals surface area contributed by atoms with Crippen molar-refractivity contribution in [2.75, 3.05) is 0 Å². The highest BCUT2D eigenvalue weighted by Crippen LogP contribution is 2.31. The van der Waals surface area contributed by atoms with Crippen molar-refractivity contribution in [1.82, 2.24) is 0 Å². The molecule has 3 heteroatoms. The van der Waals surface area contributed by atoms with E-state index < -0.39 is 11.3 Å². The first-order valence-corrected chi connectivity index (χ1v) is 8.70. The van der Waals surface area contributed by atoms with Crippen LogP contribution in [-0.2, 0) is 12.8 Å². The Hall–Kier alpha value is -1.68. The molecule has 0 bridgehead atoms. The second-order valence-electron chi connectivity index (χ2n) is 7.32. The van der Waals surface area contributed by atoms with E-state index in [0.29, 0.717) is 25.2 Å². The van der Waals surface area contributed by atoms with Gasteiger partial charge in [-0.3, -0.25) is 0 Å². The van der Waals surface area contributed by atoms with Crippen molar-refractivity contribution in [1.29, 1.82) is 0 Å². The van der Waals surface area contributed by atoms with E-state index in [-0.39, 0.29) is 0 Å². The molecule has 0 aliphatic carbocycles. The lowest BCUT2D eigenvalue weighted by Gasteiger charge is -2.43. The second-order valence-corrected chi connectivity index (χ2v) is 7.32. The SMILES string of the molecule is CC(C)CC(N)(N)[C@@](O)(CCc1ccccc1)Cc1ccccc1. The van der Waals surface area contributed by atoms with Gasteiger partial charge in [0, 0.05) is 6.42 Å². The van der Waals surface area contributed by atoms with E-state index in [2.05, 4.69) is 26.0 Å². The van der Waals surface area contributed by atoms with Crippen LogP contribution in [0.4, 0.5) is 0 Å². The van der Waals surface area contributed by atoms with Crippen molar-refractivity contribution in [2.45, 2.75) is 50.8 Å². The molecular weight excluding hydrogens is 296 g/mol. The van der Waals surface area contributed by atoms with Crippen LogP contribution in [0.25, 0.3) is 0 Å². The Kier molecular flexibility index (Phi) is 6.16. The molecule has 0 aliphatic heterocycles. The zero-order chi connectivity index (χ0) is 17.6. The van der Waals surface area contributed by atoms with Gasteiger partial charge >= 0.3 is 0 Å². The summed E-state index contributed by atoms with van der Waals surface area (Å²) in [7, 11) is 0. The quantitative estimate of drug-likeness (QED) is 0.652. The summed E-state index contributed by atoms with van der Waals surface area (Å²) in [6.07, 6.45) is 2.32. The van der Waals surface area contributed by atoms with Gasteiger partial charge in [0.2, 0.25) is 0 Å². The van der Waals surface area contributed by atoms with E-state index in [9.17, 15) is 5.11 Å². The topological polar surface area (TPSA) is 72.3 Å². The molecule has 0 unspecified atom stereocenters. The molecule has 0 saturated heterocycles. The van der Waals surface area contributed by atoms with Gasteiger partial charge in [0.1, 0.15) is 0 Å². The molecule has 0 aromatic heterocycles. The predicted octanol–water partition coefficient (Wildman–Crippen LogP) is 3.25. The molecule has 0 amide bonds. The minimum atomic E-state index is -1.16. The molecule has 130 valence electrons. The number of nitrogens with two attached hydrogens (primary N) is 2. The number of hydrogen-bond donors (Lipinski definition) is 3. The zero-order valence-electron chi connectivity index (χ0n) is 14.8. The molecule has 1 atom stereocenters. The summed E-state index contributed by atoms with van der Waals surface area (Å²) in [5.74, 6) is 0.319. The first kappa shape index (κ1) is 18.7. The molecule has 2 aromatic carbocycles. The summed E-state index contributed by atoms with van der Waals surface area (Å²) in [6, 6.07) is 20.1. The number of aryl methyl sites for hydroxylation is 1. The van der Waals surface area contributed by atoms with Gasteiger partial charge in [0.15, 0.2) is 0 Å². The molecule has 5 N–H and O–H groups in total. The maximum absolute atomic E-state index is 11.5. The predicted molar refractivity (Wildman–Crippen MR) is 100 cm³/mol. The third kappa shape index (κ3) is 4.91. The first-order valence-electron chi connectivity index (χ1n) is 8.70. The van der Waals surface area contributed by atoms with Gasteiger partial charge in [0.25, 0.3) is 0 Å². The largest absolute Gasteiger partial charge is 0.386 e. The van der Waals surface area contributed by atoms with E-state index in [1.165, 1.54) is 5.56 Å². The lowest BCUT2D eigenvalue weighted by Crippen LogP contribution is -2.68. The van der Waals surface area contributed by atoms with Crippen LogP contribution in [0, 0.1) is 5.92 Å². The summed E-state index contributed by atoms with van der Waals surface area (Å²) in [5.41, 5.74) is 12.8. The monoisotopic (exact) mass is 326 g/mol. The van der Waals surface area contributed by atoms with Gasteiger partial charge in [-0.05, 0) is 36.3 Å². The molecule has 0 spiro atoms. The van der Waals surface area contributed by atoms with E-state index in [1.807, 2.05) is 48.5 Å². The van der Waals surface area contributed by atoms with Gasteiger partial charge in [-0.15, -0.1) is 0 Å². The molecule has 24 heavy (non-hydrogen) atoms. The summed E-state index contributed by atoms with van der Waals surface area (Å²) in [4.78, 5) is 0. The van der Waals surface area contributed by atoms with E-state index >= 15 is 0 Å². The van der Waals surface area contributed by atoms with Crippen LogP contribution < -0.4 is 11.5 Å². The fraction of sp³-hybridized carbons (Fsp3) is 0.429. The maximum Gasteiger partial charge on any atom is 0.0998 e. The molecular formula is C21H30N2O. The molecule has 0 fully saturated rings. The van der Waals surface area contributed by atoms with Gasteiger partial charge in [0.05, 0.1) is 11.3 Å². The maximum atomic E-state index is 11.5.